The van der Waals surface area contributed by atoms with Crippen molar-refractivity contribution in [2.45, 2.75) is 13.8 Å². The topological polar surface area (TPSA) is 83.6 Å². The summed E-state index contributed by atoms with van der Waals surface area (Å²) in [4.78, 5) is 10.7. The summed E-state index contributed by atoms with van der Waals surface area (Å²) in [7, 11) is 0. The summed E-state index contributed by atoms with van der Waals surface area (Å²) in [6, 6.07) is 1.35. The summed E-state index contributed by atoms with van der Waals surface area (Å²) in [5.41, 5.74) is 6.70. The molecule has 0 fully saturated rings. The summed E-state index contributed by atoms with van der Waals surface area (Å²) in [6.07, 6.45) is 0. The van der Waals surface area contributed by atoms with Crippen molar-refractivity contribution in [3.8, 4) is 5.75 Å². The van der Waals surface area contributed by atoms with E-state index >= 15 is 0 Å². The van der Waals surface area contributed by atoms with Crippen molar-refractivity contribution in [3.05, 3.63) is 22.8 Å². The van der Waals surface area contributed by atoms with Gasteiger partial charge < -0.3 is 15.9 Å². The van der Waals surface area contributed by atoms with Crippen molar-refractivity contribution in [2.75, 3.05) is 5.73 Å². The molecule has 0 aliphatic carbocycles. The van der Waals surface area contributed by atoms with Crippen molar-refractivity contribution in [1.29, 1.82) is 0 Å². The second kappa shape index (κ2) is 2.97. The molecule has 0 aliphatic heterocycles. The predicted octanol–water partition coefficient (Wildman–Crippen LogP) is 1.29. The minimum absolute atomic E-state index is 0.0422. The highest BCUT2D eigenvalue weighted by Gasteiger charge is 2.14. The summed E-state index contributed by atoms with van der Waals surface area (Å²) < 4.78 is 0. The zero-order valence-electron chi connectivity index (χ0n) is 7.46. The minimum atomic E-state index is -1.08. The Bertz CT molecular complexity index is 372. The lowest BCUT2D eigenvalue weighted by molar-refractivity contribution is 0.0695. The Morgan fingerprint density at radius 1 is 1.38 bits per heavy atom. The summed E-state index contributed by atoms with van der Waals surface area (Å²) in [6.45, 7) is 3.19. The maximum absolute atomic E-state index is 10.7. The largest absolute Gasteiger partial charge is 0.507 e. The van der Waals surface area contributed by atoms with E-state index in [4.69, 9.17) is 10.8 Å². The first kappa shape index (κ1) is 9.38. The SMILES string of the molecule is Cc1c(N)cc(C(=O)O)c(C)c1O. The molecule has 0 heterocycles. The van der Waals surface area contributed by atoms with Gasteiger partial charge in [0.2, 0.25) is 0 Å². The van der Waals surface area contributed by atoms with E-state index in [0.29, 0.717) is 16.8 Å². The third kappa shape index (κ3) is 1.42. The Balaban J connectivity index is 3.50. The predicted molar refractivity (Wildman–Crippen MR) is 49.0 cm³/mol. The molecule has 0 spiro atoms. The van der Waals surface area contributed by atoms with Gasteiger partial charge in [-0.2, -0.15) is 0 Å². The molecular formula is C9H11NO3. The highest BCUT2D eigenvalue weighted by molar-refractivity contribution is 5.92. The Morgan fingerprint density at radius 3 is 2.38 bits per heavy atom. The van der Waals surface area contributed by atoms with Crippen molar-refractivity contribution < 1.29 is 15.0 Å². The number of hydrogen-bond donors (Lipinski definition) is 3. The van der Waals surface area contributed by atoms with Crippen LogP contribution in [-0.4, -0.2) is 16.2 Å². The van der Waals surface area contributed by atoms with E-state index < -0.39 is 5.97 Å². The van der Waals surface area contributed by atoms with Crippen LogP contribution in [0, 0.1) is 13.8 Å². The highest BCUT2D eigenvalue weighted by Crippen LogP contribution is 2.29. The van der Waals surface area contributed by atoms with Crippen LogP contribution in [0.3, 0.4) is 0 Å². The molecule has 0 saturated carbocycles. The van der Waals surface area contributed by atoms with E-state index in [9.17, 15) is 9.90 Å². The molecule has 0 bridgehead atoms. The number of aromatic carboxylic acids is 1. The molecule has 70 valence electrons. The maximum atomic E-state index is 10.7. The van der Waals surface area contributed by atoms with Crippen molar-refractivity contribution in [2.24, 2.45) is 0 Å². The minimum Gasteiger partial charge on any atom is -0.507 e. The molecular weight excluding hydrogens is 170 g/mol. The number of phenolic OH excluding ortho intramolecular Hbond substituents is 1. The van der Waals surface area contributed by atoms with E-state index in [1.807, 2.05) is 0 Å². The molecule has 1 aromatic rings. The van der Waals surface area contributed by atoms with Gasteiger partial charge in [-0.25, -0.2) is 4.79 Å². The molecule has 0 amide bonds. The Kier molecular flexibility index (Phi) is 2.14. The van der Waals surface area contributed by atoms with Gasteiger partial charge in [0, 0.05) is 16.8 Å². The normalized spacial score (nSPS) is 10.0. The number of carboxylic acid groups (broad SMARTS) is 1. The first-order valence-corrected chi connectivity index (χ1v) is 3.77. The monoisotopic (exact) mass is 181 g/mol. The number of hydrogen-bond acceptors (Lipinski definition) is 3. The van der Waals surface area contributed by atoms with E-state index in [2.05, 4.69) is 0 Å². The Morgan fingerprint density at radius 2 is 1.92 bits per heavy atom. The Labute approximate surface area is 75.6 Å². The fraction of sp³-hybridized carbons (Fsp3) is 0.222. The molecule has 4 heteroatoms. The lowest BCUT2D eigenvalue weighted by atomic mass is 10.0. The van der Waals surface area contributed by atoms with Gasteiger partial charge in [-0.05, 0) is 19.9 Å². The van der Waals surface area contributed by atoms with Crippen LogP contribution in [0.25, 0.3) is 0 Å². The number of nitrogens with two attached hydrogens (primary N) is 1. The molecule has 0 radical (unpaired) electrons. The third-order valence-corrected chi connectivity index (χ3v) is 2.08. The quantitative estimate of drug-likeness (QED) is 0.570. The lowest BCUT2D eigenvalue weighted by Gasteiger charge is -2.09. The number of carboxylic acids is 1. The van der Waals surface area contributed by atoms with Crippen molar-refractivity contribution in [1.82, 2.24) is 0 Å². The summed E-state index contributed by atoms with van der Waals surface area (Å²) in [5, 5.41) is 18.2. The average Bonchev–Trinajstić information content (AvgIpc) is 2.07. The first-order valence-electron chi connectivity index (χ1n) is 3.77. The van der Waals surface area contributed by atoms with E-state index in [-0.39, 0.29) is 11.3 Å². The van der Waals surface area contributed by atoms with Gasteiger partial charge in [-0.3, -0.25) is 0 Å². The van der Waals surface area contributed by atoms with Crippen LogP contribution in [-0.2, 0) is 0 Å². The molecule has 4 N–H and O–H groups in total. The highest BCUT2D eigenvalue weighted by atomic mass is 16.4. The fourth-order valence-electron chi connectivity index (χ4n) is 1.14. The first-order chi connectivity index (χ1) is 5.95. The second-order valence-corrected chi connectivity index (χ2v) is 2.92. The van der Waals surface area contributed by atoms with Crippen LogP contribution in [0.2, 0.25) is 0 Å². The van der Waals surface area contributed by atoms with Gasteiger partial charge in [-0.15, -0.1) is 0 Å². The van der Waals surface area contributed by atoms with Gasteiger partial charge in [0.25, 0.3) is 0 Å². The van der Waals surface area contributed by atoms with Gasteiger partial charge in [0.1, 0.15) is 5.75 Å². The fourth-order valence-corrected chi connectivity index (χ4v) is 1.14. The molecule has 0 aromatic heterocycles. The van der Waals surface area contributed by atoms with Crippen LogP contribution in [0.4, 0.5) is 5.69 Å². The van der Waals surface area contributed by atoms with Crippen LogP contribution in [0.1, 0.15) is 21.5 Å². The van der Waals surface area contributed by atoms with Crippen LogP contribution in [0.5, 0.6) is 5.75 Å². The molecule has 1 rings (SSSR count). The molecule has 0 atom stereocenters. The van der Waals surface area contributed by atoms with Gasteiger partial charge in [0.05, 0.1) is 5.56 Å². The van der Waals surface area contributed by atoms with Gasteiger partial charge >= 0.3 is 5.97 Å². The molecule has 1 aromatic carbocycles. The molecule has 4 nitrogen and oxygen atoms in total. The lowest BCUT2D eigenvalue weighted by Crippen LogP contribution is -2.03. The number of anilines is 1. The molecule has 13 heavy (non-hydrogen) atoms. The zero-order valence-corrected chi connectivity index (χ0v) is 7.46. The standard InChI is InChI=1S/C9H11NO3/c1-4-6(9(12)13)3-7(10)5(2)8(4)11/h3,11H,10H2,1-2H3,(H,12,13). The third-order valence-electron chi connectivity index (χ3n) is 2.08. The zero-order chi connectivity index (χ0) is 10.2. The second-order valence-electron chi connectivity index (χ2n) is 2.92. The number of benzene rings is 1. The number of rotatable bonds is 1. The maximum Gasteiger partial charge on any atom is 0.336 e. The average molecular weight is 181 g/mol. The van der Waals surface area contributed by atoms with Crippen molar-refractivity contribution in [3.63, 3.8) is 0 Å². The molecule has 0 aliphatic rings. The summed E-state index contributed by atoms with van der Waals surface area (Å²) in [5.74, 6) is -1.13. The van der Waals surface area contributed by atoms with Gasteiger partial charge in [-0.1, -0.05) is 0 Å². The van der Waals surface area contributed by atoms with E-state index in [1.165, 1.54) is 6.07 Å². The summed E-state index contributed by atoms with van der Waals surface area (Å²) >= 11 is 0. The van der Waals surface area contributed by atoms with E-state index in [1.54, 1.807) is 13.8 Å². The van der Waals surface area contributed by atoms with Crippen LogP contribution in [0.15, 0.2) is 6.07 Å². The number of carbonyl (C=O) groups is 1. The molecule has 0 saturated heterocycles. The van der Waals surface area contributed by atoms with E-state index in [0.717, 1.165) is 0 Å². The smallest absolute Gasteiger partial charge is 0.336 e. The molecule has 0 unspecified atom stereocenters. The van der Waals surface area contributed by atoms with Gasteiger partial charge in [0.15, 0.2) is 0 Å². The number of aromatic hydroxyl groups is 1. The Hall–Kier alpha value is -1.71. The van der Waals surface area contributed by atoms with Crippen LogP contribution >= 0.6 is 0 Å². The number of nitrogen functional groups attached to an aromatic ring is 1. The van der Waals surface area contributed by atoms with Crippen LogP contribution < -0.4 is 5.73 Å². The number of phenols is 1. The van der Waals surface area contributed by atoms with Crippen molar-refractivity contribution >= 4 is 11.7 Å².